The molecule has 1 aromatic heterocycles. The topological polar surface area (TPSA) is 56.8 Å². The lowest BCUT2D eigenvalue weighted by molar-refractivity contribution is 0.479. The summed E-state index contributed by atoms with van der Waals surface area (Å²) in [6, 6.07) is 9.08. The highest BCUT2D eigenvalue weighted by molar-refractivity contribution is 5.45. The van der Waals surface area contributed by atoms with Gasteiger partial charge in [0, 0.05) is 31.6 Å². The zero-order chi connectivity index (χ0) is 13.5. The lowest BCUT2D eigenvalue weighted by atomic mass is 9.77. The maximum atomic E-state index is 4.72. The quantitative estimate of drug-likeness (QED) is 0.862. The van der Waals surface area contributed by atoms with Gasteiger partial charge in [-0.3, -0.25) is 5.10 Å². The Morgan fingerprint density at radius 1 is 1.30 bits per heavy atom. The van der Waals surface area contributed by atoms with Crippen molar-refractivity contribution in [2.45, 2.75) is 25.3 Å². The molecule has 1 aliphatic heterocycles. The second-order valence-electron chi connectivity index (χ2n) is 5.78. The van der Waals surface area contributed by atoms with Crippen molar-refractivity contribution >= 4 is 5.95 Å². The second-order valence-corrected chi connectivity index (χ2v) is 5.78. The molecule has 4 rings (SSSR count). The minimum absolute atomic E-state index is 0.396. The fourth-order valence-electron chi connectivity index (χ4n) is 3.18. The Kier molecular flexibility index (Phi) is 2.73. The molecule has 2 heterocycles. The van der Waals surface area contributed by atoms with Crippen molar-refractivity contribution in [2.24, 2.45) is 0 Å². The summed E-state index contributed by atoms with van der Waals surface area (Å²) >= 11 is 0. The normalized spacial score (nSPS) is 25.1. The van der Waals surface area contributed by atoms with Crippen LogP contribution in [0.25, 0.3) is 0 Å². The lowest BCUT2D eigenvalue weighted by Gasteiger charge is -2.31. The third-order valence-corrected chi connectivity index (χ3v) is 4.33. The van der Waals surface area contributed by atoms with E-state index in [9.17, 15) is 0 Å². The first-order valence-corrected chi connectivity index (χ1v) is 7.29. The first kappa shape index (κ1) is 11.9. The molecule has 20 heavy (non-hydrogen) atoms. The lowest BCUT2D eigenvalue weighted by Crippen LogP contribution is -2.49. The number of rotatable bonds is 2. The van der Waals surface area contributed by atoms with Crippen LogP contribution in [0.15, 0.2) is 24.3 Å². The summed E-state index contributed by atoms with van der Waals surface area (Å²) in [5, 5.41) is 11.0. The van der Waals surface area contributed by atoms with Crippen LogP contribution in [-0.4, -0.2) is 40.9 Å². The minimum atomic E-state index is 0.396. The van der Waals surface area contributed by atoms with Crippen molar-refractivity contribution in [1.82, 2.24) is 20.5 Å². The van der Waals surface area contributed by atoms with Crippen LogP contribution in [0.1, 0.15) is 29.8 Å². The molecular weight excluding hydrogens is 250 g/mol. The van der Waals surface area contributed by atoms with Gasteiger partial charge in [-0.2, -0.15) is 4.98 Å². The first-order valence-electron chi connectivity index (χ1n) is 7.29. The minimum Gasteiger partial charge on any atom is -0.337 e. The molecule has 5 nitrogen and oxygen atoms in total. The summed E-state index contributed by atoms with van der Waals surface area (Å²) < 4.78 is 0. The third kappa shape index (κ3) is 1.89. The number of benzene rings is 1. The molecule has 2 atom stereocenters. The summed E-state index contributed by atoms with van der Waals surface area (Å²) in [6.45, 7) is 5.14. The molecule has 1 saturated heterocycles. The van der Waals surface area contributed by atoms with Crippen molar-refractivity contribution in [3.05, 3.63) is 41.2 Å². The Labute approximate surface area is 118 Å². The monoisotopic (exact) mass is 269 g/mol. The number of nitrogens with one attached hydrogen (secondary N) is 2. The van der Waals surface area contributed by atoms with Gasteiger partial charge in [-0.05, 0) is 24.5 Å². The molecule has 1 unspecified atom stereocenters. The van der Waals surface area contributed by atoms with E-state index < -0.39 is 0 Å². The average Bonchev–Trinajstić information content (AvgIpc) is 2.90. The molecule has 2 aliphatic rings. The molecule has 2 aromatic rings. The molecule has 1 fully saturated rings. The molecule has 5 heteroatoms. The van der Waals surface area contributed by atoms with E-state index in [1.54, 1.807) is 0 Å². The zero-order valence-corrected chi connectivity index (χ0v) is 11.6. The Bertz CT molecular complexity index is 620. The first-order chi connectivity index (χ1) is 9.81. The smallest absolute Gasteiger partial charge is 0.244 e. The predicted molar refractivity (Wildman–Crippen MR) is 78.0 cm³/mol. The van der Waals surface area contributed by atoms with Crippen molar-refractivity contribution in [2.75, 3.05) is 24.5 Å². The summed E-state index contributed by atoms with van der Waals surface area (Å²) in [5.41, 5.74) is 2.83. The third-order valence-electron chi connectivity index (χ3n) is 4.33. The molecule has 0 spiro atoms. The van der Waals surface area contributed by atoms with Gasteiger partial charge < -0.3 is 10.2 Å². The van der Waals surface area contributed by atoms with E-state index >= 15 is 0 Å². The maximum absolute atomic E-state index is 4.72. The van der Waals surface area contributed by atoms with Crippen molar-refractivity contribution in [1.29, 1.82) is 0 Å². The van der Waals surface area contributed by atoms with Crippen molar-refractivity contribution in [3.63, 3.8) is 0 Å². The van der Waals surface area contributed by atoms with Gasteiger partial charge in [-0.15, -0.1) is 5.10 Å². The Balaban J connectivity index is 1.55. The summed E-state index contributed by atoms with van der Waals surface area (Å²) in [6.07, 6.45) is 1.07. The van der Waals surface area contributed by atoms with Crippen LogP contribution < -0.4 is 10.2 Å². The van der Waals surface area contributed by atoms with Gasteiger partial charge in [0.25, 0.3) is 0 Å². The number of piperazine rings is 1. The number of hydrogen-bond acceptors (Lipinski definition) is 4. The fourth-order valence-corrected chi connectivity index (χ4v) is 3.18. The average molecular weight is 269 g/mol. The van der Waals surface area contributed by atoms with Crippen molar-refractivity contribution in [3.8, 4) is 0 Å². The number of H-pyrrole nitrogens is 1. The highest BCUT2D eigenvalue weighted by Gasteiger charge is 2.30. The van der Waals surface area contributed by atoms with Gasteiger partial charge in [0.1, 0.15) is 5.82 Å². The van der Waals surface area contributed by atoms with Crippen LogP contribution in [0, 0.1) is 0 Å². The Morgan fingerprint density at radius 2 is 2.20 bits per heavy atom. The second kappa shape index (κ2) is 4.59. The van der Waals surface area contributed by atoms with E-state index in [4.69, 9.17) is 4.98 Å². The van der Waals surface area contributed by atoms with Crippen LogP contribution in [0.5, 0.6) is 0 Å². The maximum Gasteiger partial charge on any atom is 0.244 e. The molecule has 0 radical (unpaired) electrons. The van der Waals surface area contributed by atoms with Crippen LogP contribution >= 0.6 is 0 Å². The molecule has 0 amide bonds. The molecule has 2 N–H and O–H groups in total. The molecule has 1 aromatic carbocycles. The molecule has 1 aliphatic carbocycles. The number of nitrogens with zero attached hydrogens (tertiary/aromatic N) is 3. The van der Waals surface area contributed by atoms with E-state index in [0.29, 0.717) is 12.0 Å². The van der Waals surface area contributed by atoms with Crippen LogP contribution in [0.3, 0.4) is 0 Å². The van der Waals surface area contributed by atoms with E-state index in [-0.39, 0.29) is 0 Å². The fraction of sp³-hybridized carbons (Fsp3) is 0.467. The summed E-state index contributed by atoms with van der Waals surface area (Å²) in [4.78, 5) is 6.98. The largest absolute Gasteiger partial charge is 0.337 e. The molecule has 0 saturated carbocycles. The van der Waals surface area contributed by atoms with Gasteiger partial charge in [0.2, 0.25) is 5.95 Å². The van der Waals surface area contributed by atoms with Crippen LogP contribution in [0.4, 0.5) is 5.95 Å². The Morgan fingerprint density at radius 3 is 3.05 bits per heavy atom. The van der Waals surface area contributed by atoms with Crippen LogP contribution in [0.2, 0.25) is 0 Å². The number of aromatic amines is 1. The zero-order valence-electron chi connectivity index (χ0n) is 11.6. The van der Waals surface area contributed by atoms with Crippen LogP contribution in [-0.2, 0) is 6.42 Å². The number of aromatic nitrogens is 3. The van der Waals surface area contributed by atoms with Gasteiger partial charge in [-0.25, -0.2) is 0 Å². The molecule has 104 valence electrons. The SMILES string of the molecule is C[C@@H]1CN(c2n[nH]c(C3Cc4ccccc43)n2)CCN1. The highest BCUT2D eigenvalue weighted by Crippen LogP contribution is 2.38. The van der Waals surface area contributed by atoms with E-state index in [2.05, 4.69) is 51.6 Å². The van der Waals surface area contributed by atoms with Crippen molar-refractivity contribution < 1.29 is 0 Å². The number of fused-ring (bicyclic) bond motifs is 1. The van der Waals surface area contributed by atoms with E-state index in [1.165, 1.54) is 11.1 Å². The van der Waals surface area contributed by atoms with E-state index in [0.717, 1.165) is 37.8 Å². The molecule has 0 bridgehead atoms. The van der Waals surface area contributed by atoms with Gasteiger partial charge in [0.05, 0.1) is 0 Å². The Hall–Kier alpha value is -1.88. The standard InChI is InChI=1S/C15H19N5/c1-10-9-20(7-6-16-10)15-17-14(18-19-15)13-8-11-4-2-3-5-12(11)13/h2-5,10,13,16H,6-9H2,1H3,(H,17,18,19)/t10-,13?/m1/s1. The van der Waals surface area contributed by atoms with Gasteiger partial charge >= 0.3 is 0 Å². The van der Waals surface area contributed by atoms with Gasteiger partial charge in [0.15, 0.2) is 0 Å². The summed E-state index contributed by atoms with van der Waals surface area (Å²) in [7, 11) is 0. The highest BCUT2D eigenvalue weighted by atomic mass is 15.4. The number of anilines is 1. The predicted octanol–water partition coefficient (Wildman–Crippen LogP) is 1.29. The number of hydrogen-bond donors (Lipinski definition) is 2. The summed E-state index contributed by atoms with van der Waals surface area (Å²) in [5.74, 6) is 2.25. The van der Waals surface area contributed by atoms with Gasteiger partial charge in [-0.1, -0.05) is 24.3 Å². The molecular formula is C15H19N5. The van der Waals surface area contributed by atoms with E-state index in [1.807, 2.05) is 0 Å².